The van der Waals surface area contributed by atoms with Crippen LogP contribution in [0.1, 0.15) is 34.1 Å². The number of nitrogens with two attached hydrogens (primary N) is 1. The molecule has 0 aromatic heterocycles. The molecule has 0 saturated carbocycles. The van der Waals surface area contributed by atoms with Gasteiger partial charge in [0.05, 0.1) is 18.6 Å². The molecule has 2 N–H and O–H groups in total. The summed E-state index contributed by atoms with van der Waals surface area (Å²) in [6, 6.07) is -0.147. The van der Waals surface area contributed by atoms with Gasteiger partial charge in [0.25, 0.3) is 0 Å². The topological polar surface area (TPSA) is 61.6 Å². The third-order valence-electron chi connectivity index (χ3n) is 1.37. The number of carbonyl (C=O) groups excluding carboxylic acids is 1. The highest BCUT2D eigenvalue weighted by molar-refractivity contribution is 5.69. The smallest absolute Gasteiger partial charge is 0.307 e. The van der Waals surface area contributed by atoms with Gasteiger partial charge >= 0.3 is 5.97 Å². The number of hydrogen-bond acceptors (Lipinski definition) is 4. The number of esters is 1. The van der Waals surface area contributed by atoms with E-state index in [4.69, 9.17) is 15.2 Å². The summed E-state index contributed by atoms with van der Waals surface area (Å²) in [7, 11) is 0. The second-order valence-corrected chi connectivity index (χ2v) is 4.36. The van der Waals surface area contributed by atoms with E-state index >= 15 is 0 Å². The molecule has 14 heavy (non-hydrogen) atoms. The Bertz CT molecular complexity index is 173. The Hall–Kier alpha value is -0.610. The number of carbonyl (C=O) groups is 1. The van der Waals surface area contributed by atoms with Gasteiger partial charge in [0.2, 0.25) is 0 Å². The van der Waals surface area contributed by atoms with Crippen molar-refractivity contribution in [3.05, 3.63) is 0 Å². The predicted octanol–water partition coefficient (Wildman–Crippen LogP) is 1.08. The third-order valence-corrected chi connectivity index (χ3v) is 1.37. The fourth-order valence-electron chi connectivity index (χ4n) is 0.825. The van der Waals surface area contributed by atoms with Crippen LogP contribution in [0.15, 0.2) is 0 Å². The first-order valence-corrected chi connectivity index (χ1v) is 4.86. The van der Waals surface area contributed by atoms with Crippen molar-refractivity contribution in [1.82, 2.24) is 0 Å². The SMILES string of the molecule is CC(N)CC(=O)OCCOC(C)(C)C. The van der Waals surface area contributed by atoms with Crippen LogP contribution in [0.25, 0.3) is 0 Å². The van der Waals surface area contributed by atoms with Crippen LogP contribution in [0.2, 0.25) is 0 Å². The monoisotopic (exact) mass is 203 g/mol. The number of ether oxygens (including phenoxy) is 2. The fourth-order valence-corrected chi connectivity index (χ4v) is 0.825. The van der Waals surface area contributed by atoms with E-state index in [1.807, 2.05) is 20.8 Å². The normalized spacial score (nSPS) is 13.8. The van der Waals surface area contributed by atoms with E-state index in [1.54, 1.807) is 6.92 Å². The second-order valence-electron chi connectivity index (χ2n) is 4.36. The standard InChI is InChI=1S/C10H21NO3/c1-8(11)7-9(12)13-5-6-14-10(2,3)4/h8H,5-7,11H2,1-4H3. The van der Waals surface area contributed by atoms with Crippen molar-refractivity contribution >= 4 is 5.97 Å². The molecule has 0 saturated heterocycles. The van der Waals surface area contributed by atoms with Gasteiger partial charge in [-0.15, -0.1) is 0 Å². The molecule has 0 aliphatic carbocycles. The lowest BCUT2D eigenvalue weighted by atomic mass is 10.2. The Morgan fingerprint density at radius 2 is 1.93 bits per heavy atom. The first-order chi connectivity index (χ1) is 6.31. The average molecular weight is 203 g/mol. The maximum Gasteiger partial charge on any atom is 0.307 e. The minimum absolute atomic E-state index is 0.147. The lowest BCUT2D eigenvalue weighted by molar-refractivity contribution is -0.147. The van der Waals surface area contributed by atoms with Crippen LogP contribution in [-0.4, -0.2) is 30.8 Å². The summed E-state index contributed by atoms with van der Waals surface area (Å²) in [6.07, 6.45) is 0.259. The summed E-state index contributed by atoms with van der Waals surface area (Å²) < 4.78 is 10.3. The average Bonchev–Trinajstić information content (AvgIpc) is 1.95. The molecule has 0 aliphatic rings. The van der Waals surface area contributed by atoms with Gasteiger partial charge in [-0.3, -0.25) is 4.79 Å². The van der Waals surface area contributed by atoms with Gasteiger partial charge in [-0.2, -0.15) is 0 Å². The molecule has 0 aromatic carbocycles. The van der Waals surface area contributed by atoms with Gasteiger partial charge in [0.15, 0.2) is 0 Å². The molecule has 1 unspecified atom stereocenters. The quantitative estimate of drug-likeness (QED) is 0.536. The molecule has 0 aromatic rings. The molecule has 0 heterocycles. The highest BCUT2D eigenvalue weighted by Crippen LogP contribution is 2.05. The van der Waals surface area contributed by atoms with E-state index < -0.39 is 0 Å². The zero-order valence-electron chi connectivity index (χ0n) is 9.50. The van der Waals surface area contributed by atoms with E-state index in [0.717, 1.165) is 0 Å². The van der Waals surface area contributed by atoms with Gasteiger partial charge in [-0.1, -0.05) is 0 Å². The van der Waals surface area contributed by atoms with Crippen LogP contribution in [0, 0.1) is 0 Å². The molecule has 0 bridgehead atoms. The van der Waals surface area contributed by atoms with Crippen molar-refractivity contribution in [1.29, 1.82) is 0 Å². The van der Waals surface area contributed by atoms with Crippen LogP contribution < -0.4 is 5.73 Å². The Morgan fingerprint density at radius 3 is 2.36 bits per heavy atom. The van der Waals surface area contributed by atoms with Crippen LogP contribution in [0.3, 0.4) is 0 Å². The van der Waals surface area contributed by atoms with Gasteiger partial charge in [0.1, 0.15) is 6.61 Å². The van der Waals surface area contributed by atoms with Crippen LogP contribution in [0.4, 0.5) is 0 Å². The molecule has 0 radical (unpaired) electrons. The Labute approximate surface area is 85.8 Å². The van der Waals surface area contributed by atoms with Gasteiger partial charge in [-0.25, -0.2) is 0 Å². The Morgan fingerprint density at radius 1 is 1.36 bits per heavy atom. The van der Waals surface area contributed by atoms with E-state index in [1.165, 1.54) is 0 Å². The van der Waals surface area contributed by atoms with Crippen molar-refractivity contribution in [2.75, 3.05) is 13.2 Å². The Balaban J connectivity index is 3.41. The molecule has 1 atom stereocenters. The van der Waals surface area contributed by atoms with E-state index in [-0.39, 0.29) is 24.0 Å². The van der Waals surface area contributed by atoms with Gasteiger partial charge < -0.3 is 15.2 Å². The third kappa shape index (κ3) is 9.48. The van der Waals surface area contributed by atoms with Gasteiger partial charge in [-0.05, 0) is 27.7 Å². The molecule has 0 spiro atoms. The zero-order chi connectivity index (χ0) is 11.2. The minimum Gasteiger partial charge on any atom is -0.463 e. The highest BCUT2D eigenvalue weighted by Gasteiger charge is 2.10. The predicted molar refractivity (Wildman–Crippen MR) is 54.9 cm³/mol. The summed E-state index contributed by atoms with van der Waals surface area (Å²) in [4.78, 5) is 11.0. The van der Waals surface area contributed by atoms with Crippen LogP contribution in [-0.2, 0) is 14.3 Å². The maximum absolute atomic E-state index is 11.0. The molecule has 4 heteroatoms. The molecular weight excluding hydrogens is 182 g/mol. The lowest BCUT2D eigenvalue weighted by Crippen LogP contribution is -2.25. The van der Waals surface area contributed by atoms with E-state index in [2.05, 4.69) is 0 Å². The van der Waals surface area contributed by atoms with Crippen molar-refractivity contribution in [2.24, 2.45) is 5.73 Å². The van der Waals surface area contributed by atoms with Crippen molar-refractivity contribution in [2.45, 2.75) is 45.8 Å². The fraction of sp³-hybridized carbons (Fsp3) is 0.900. The number of hydrogen-bond donors (Lipinski definition) is 1. The molecule has 0 rings (SSSR count). The van der Waals surface area contributed by atoms with E-state index in [0.29, 0.717) is 13.2 Å². The molecule has 0 amide bonds. The van der Waals surface area contributed by atoms with Crippen LogP contribution >= 0.6 is 0 Å². The van der Waals surface area contributed by atoms with Crippen molar-refractivity contribution in [3.63, 3.8) is 0 Å². The molecule has 0 fully saturated rings. The summed E-state index contributed by atoms with van der Waals surface area (Å²) in [5.41, 5.74) is 5.25. The second kappa shape index (κ2) is 5.98. The maximum atomic E-state index is 11.0. The first-order valence-electron chi connectivity index (χ1n) is 4.86. The summed E-state index contributed by atoms with van der Waals surface area (Å²) in [5, 5.41) is 0. The zero-order valence-corrected chi connectivity index (χ0v) is 9.50. The first kappa shape index (κ1) is 13.4. The van der Waals surface area contributed by atoms with E-state index in [9.17, 15) is 4.79 Å². The molecule has 84 valence electrons. The number of rotatable bonds is 5. The highest BCUT2D eigenvalue weighted by atomic mass is 16.6. The summed E-state index contributed by atoms with van der Waals surface area (Å²) >= 11 is 0. The summed E-state index contributed by atoms with van der Waals surface area (Å²) in [5.74, 6) is -0.266. The largest absolute Gasteiger partial charge is 0.463 e. The minimum atomic E-state index is -0.266. The molecular formula is C10H21NO3. The van der Waals surface area contributed by atoms with Crippen molar-refractivity contribution < 1.29 is 14.3 Å². The van der Waals surface area contributed by atoms with Crippen molar-refractivity contribution in [3.8, 4) is 0 Å². The molecule has 0 aliphatic heterocycles. The Kier molecular flexibility index (Phi) is 5.72. The van der Waals surface area contributed by atoms with Crippen LogP contribution in [0.5, 0.6) is 0 Å². The summed E-state index contributed by atoms with van der Waals surface area (Å²) in [6.45, 7) is 8.36. The van der Waals surface area contributed by atoms with Gasteiger partial charge in [0, 0.05) is 6.04 Å². The lowest BCUT2D eigenvalue weighted by Gasteiger charge is -2.19. The molecule has 4 nitrogen and oxygen atoms in total.